The Labute approximate surface area is 223 Å². The lowest BCUT2D eigenvalue weighted by atomic mass is 10.1. The molecule has 0 aliphatic heterocycles. The molecule has 2 amide bonds. The van der Waals surface area contributed by atoms with Crippen LogP contribution in [0.5, 0.6) is 0 Å². The summed E-state index contributed by atoms with van der Waals surface area (Å²) in [5, 5.41) is 3.02. The van der Waals surface area contributed by atoms with E-state index < -0.39 is 16.1 Å². The van der Waals surface area contributed by atoms with Gasteiger partial charge in [0.2, 0.25) is 21.8 Å². The molecule has 37 heavy (non-hydrogen) atoms. The Balaban J connectivity index is 2.25. The second-order valence-corrected chi connectivity index (χ2v) is 11.8. The maximum absolute atomic E-state index is 13.5. The van der Waals surface area contributed by atoms with Crippen molar-refractivity contribution in [2.45, 2.75) is 85.9 Å². The van der Waals surface area contributed by atoms with Gasteiger partial charge in [-0.1, -0.05) is 55.8 Å². The molecular weight excluding hydrogens is 486 g/mol. The molecule has 0 radical (unpaired) electrons. The summed E-state index contributed by atoms with van der Waals surface area (Å²) in [6, 6.07) is 12.9. The number of nitrogens with one attached hydrogen (secondary N) is 1. The van der Waals surface area contributed by atoms with Gasteiger partial charge in [0.15, 0.2) is 0 Å². The van der Waals surface area contributed by atoms with Gasteiger partial charge in [-0.2, -0.15) is 0 Å². The Kier molecular flexibility index (Phi) is 11.2. The summed E-state index contributed by atoms with van der Waals surface area (Å²) in [5.41, 5.74) is 4.60. The van der Waals surface area contributed by atoms with Gasteiger partial charge in [-0.3, -0.25) is 13.9 Å². The Morgan fingerprint density at radius 3 is 2.19 bits per heavy atom. The molecule has 7 nitrogen and oxygen atoms in total. The third-order valence-corrected chi connectivity index (χ3v) is 8.04. The van der Waals surface area contributed by atoms with E-state index in [4.69, 9.17) is 0 Å². The van der Waals surface area contributed by atoms with Crippen LogP contribution in [-0.4, -0.2) is 50.0 Å². The smallest absolute Gasteiger partial charge is 0.243 e. The Hall–Kier alpha value is -2.87. The van der Waals surface area contributed by atoms with E-state index in [0.29, 0.717) is 25.1 Å². The lowest BCUT2D eigenvalue weighted by Crippen LogP contribution is -2.50. The number of rotatable bonds is 13. The monoisotopic (exact) mass is 529 g/mol. The minimum Gasteiger partial charge on any atom is -0.352 e. The van der Waals surface area contributed by atoms with Crippen molar-refractivity contribution < 1.29 is 18.0 Å². The minimum absolute atomic E-state index is 0.0127. The third kappa shape index (κ3) is 8.59. The molecule has 2 rings (SSSR count). The molecule has 2 aromatic rings. The fourth-order valence-corrected chi connectivity index (χ4v) is 5.25. The molecule has 0 aliphatic carbocycles. The van der Waals surface area contributed by atoms with Crippen molar-refractivity contribution in [2.75, 3.05) is 17.1 Å². The van der Waals surface area contributed by atoms with Crippen LogP contribution in [-0.2, 0) is 26.2 Å². The van der Waals surface area contributed by atoms with Crippen molar-refractivity contribution >= 4 is 27.5 Å². The molecule has 0 unspecified atom stereocenters. The fraction of sp³-hybridized carbons (Fsp3) is 0.517. The van der Waals surface area contributed by atoms with Crippen LogP contribution in [0.2, 0.25) is 0 Å². The zero-order valence-corrected chi connectivity index (χ0v) is 24.2. The van der Waals surface area contributed by atoms with Gasteiger partial charge in [0.05, 0.1) is 11.9 Å². The number of aryl methyl sites for hydroxylation is 2. The fourth-order valence-electron chi connectivity index (χ4n) is 4.24. The average molecular weight is 530 g/mol. The van der Waals surface area contributed by atoms with Crippen molar-refractivity contribution in [3.63, 3.8) is 0 Å². The molecule has 8 heteroatoms. The van der Waals surface area contributed by atoms with Crippen LogP contribution < -0.4 is 9.62 Å². The molecule has 0 fully saturated rings. The lowest BCUT2D eigenvalue weighted by Gasteiger charge is -2.32. The molecule has 1 N–H and O–H groups in total. The van der Waals surface area contributed by atoms with E-state index in [1.807, 2.05) is 77.9 Å². The van der Waals surface area contributed by atoms with Crippen LogP contribution in [0.25, 0.3) is 0 Å². The van der Waals surface area contributed by atoms with Crippen molar-refractivity contribution in [1.29, 1.82) is 0 Å². The van der Waals surface area contributed by atoms with Crippen LogP contribution >= 0.6 is 0 Å². The van der Waals surface area contributed by atoms with Crippen LogP contribution in [0, 0.1) is 20.8 Å². The number of amides is 2. The van der Waals surface area contributed by atoms with E-state index in [2.05, 4.69) is 5.32 Å². The number of sulfonamides is 1. The highest BCUT2D eigenvalue weighted by Gasteiger charge is 2.29. The molecule has 0 spiro atoms. The molecule has 204 valence electrons. The standard InChI is InChI=1S/C29H43N3O4S/c1-8-23(5)30-29(34)26(9-2)31(20-25-17-15-21(3)16-18-25)28(33)14-11-19-32(37(7,35)36)27-13-10-12-22(4)24(27)6/h10,12-13,15-18,23,26H,8-9,11,14,19-20H2,1-7H3,(H,30,34)/t23-,26-/m0/s1. The molecule has 2 aromatic carbocycles. The van der Waals surface area contributed by atoms with E-state index in [9.17, 15) is 18.0 Å². The van der Waals surface area contributed by atoms with Gasteiger partial charge >= 0.3 is 0 Å². The predicted molar refractivity (Wildman–Crippen MR) is 151 cm³/mol. The van der Waals surface area contributed by atoms with E-state index in [1.54, 1.807) is 11.0 Å². The Morgan fingerprint density at radius 1 is 0.973 bits per heavy atom. The Bertz CT molecular complexity index is 1160. The second kappa shape index (κ2) is 13.6. The van der Waals surface area contributed by atoms with Crippen molar-refractivity contribution in [1.82, 2.24) is 10.2 Å². The third-order valence-electron chi connectivity index (χ3n) is 6.86. The van der Waals surface area contributed by atoms with Crippen LogP contribution in [0.4, 0.5) is 5.69 Å². The van der Waals surface area contributed by atoms with Crippen molar-refractivity contribution in [3.8, 4) is 0 Å². The highest BCUT2D eigenvalue weighted by molar-refractivity contribution is 7.92. The highest BCUT2D eigenvalue weighted by Crippen LogP contribution is 2.25. The summed E-state index contributed by atoms with van der Waals surface area (Å²) < 4.78 is 26.6. The first-order chi connectivity index (χ1) is 17.4. The maximum atomic E-state index is 13.5. The first-order valence-corrected chi connectivity index (χ1v) is 14.9. The molecule has 0 saturated carbocycles. The van der Waals surface area contributed by atoms with Gasteiger partial charge in [0.25, 0.3) is 0 Å². The van der Waals surface area contributed by atoms with E-state index in [-0.39, 0.29) is 30.8 Å². The topological polar surface area (TPSA) is 86.8 Å². The SMILES string of the molecule is CC[C@H](C)NC(=O)[C@H](CC)N(Cc1ccc(C)cc1)C(=O)CCCN(c1cccc(C)c1C)S(C)(=O)=O. The first-order valence-electron chi connectivity index (χ1n) is 13.1. The number of hydrogen-bond donors (Lipinski definition) is 1. The molecule has 0 aliphatic rings. The highest BCUT2D eigenvalue weighted by atomic mass is 32.2. The van der Waals surface area contributed by atoms with E-state index in [0.717, 1.165) is 28.7 Å². The number of carbonyl (C=O) groups excluding carboxylic acids is 2. The largest absolute Gasteiger partial charge is 0.352 e. The second-order valence-electron chi connectivity index (χ2n) is 9.91. The molecule has 0 saturated heterocycles. The van der Waals surface area contributed by atoms with Gasteiger partial charge < -0.3 is 10.2 Å². The summed E-state index contributed by atoms with van der Waals surface area (Å²) in [4.78, 5) is 28.3. The average Bonchev–Trinajstić information content (AvgIpc) is 2.84. The number of nitrogens with zero attached hydrogens (tertiary/aromatic N) is 2. The van der Waals surface area contributed by atoms with Gasteiger partial charge in [-0.15, -0.1) is 0 Å². The molecule has 0 bridgehead atoms. The predicted octanol–water partition coefficient (Wildman–Crippen LogP) is 4.88. The zero-order chi connectivity index (χ0) is 27.8. The molecular formula is C29H43N3O4S. The number of benzene rings is 2. The van der Waals surface area contributed by atoms with Gasteiger partial charge in [-0.05, 0) is 69.7 Å². The number of anilines is 1. The molecule has 0 aromatic heterocycles. The van der Waals surface area contributed by atoms with Crippen LogP contribution in [0.15, 0.2) is 42.5 Å². The van der Waals surface area contributed by atoms with Crippen molar-refractivity contribution in [2.24, 2.45) is 0 Å². The van der Waals surface area contributed by atoms with Crippen molar-refractivity contribution in [3.05, 3.63) is 64.7 Å². The number of carbonyl (C=O) groups is 2. The van der Waals surface area contributed by atoms with E-state index in [1.165, 1.54) is 10.6 Å². The Morgan fingerprint density at radius 2 is 1.62 bits per heavy atom. The zero-order valence-electron chi connectivity index (χ0n) is 23.4. The quantitative estimate of drug-likeness (QED) is 0.401. The summed E-state index contributed by atoms with van der Waals surface area (Å²) >= 11 is 0. The summed E-state index contributed by atoms with van der Waals surface area (Å²) in [6.45, 7) is 12.2. The summed E-state index contributed by atoms with van der Waals surface area (Å²) in [5.74, 6) is -0.327. The number of hydrogen-bond acceptors (Lipinski definition) is 4. The molecule has 0 heterocycles. The molecule has 2 atom stereocenters. The minimum atomic E-state index is -3.53. The maximum Gasteiger partial charge on any atom is 0.243 e. The van der Waals surface area contributed by atoms with Gasteiger partial charge in [0, 0.05) is 25.6 Å². The first kappa shape index (κ1) is 30.4. The summed E-state index contributed by atoms with van der Waals surface area (Å²) in [7, 11) is -3.53. The van der Waals surface area contributed by atoms with Gasteiger partial charge in [0.1, 0.15) is 6.04 Å². The van der Waals surface area contributed by atoms with Crippen LogP contribution in [0.3, 0.4) is 0 Å². The lowest BCUT2D eigenvalue weighted by molar-refractivity contribution is -0.141. The van der Waals surface area contributed by atoms with Crippen LogP contribution in [0.1, 0.15) is 68.7 Å². The summed E-state index contributed by atoms with van der Waals surface area (Å²) in [6.07, 6.45) is 2.95. The van der Waals surface area contributed by atoms with Gasteiger partial charge in [-0.25, -0.2) is 8.42 Å². The van der Waals surface area contributed by atoms with E-state index >= 15 is 0 Å². The normalized spacial score (nSPS) is 13.1.